The highest BCUT2D eigenvalue weighted by Crippen LogP contribution is 2.44. The Kier molecular flexibility index (Phi) is 4.80. The maximum Gasteiger partial charge on any atom is 0.303 e. The lowest BCUT2D eigenvalue weighted by atomic mass is 9.79. The second kappa shape index (κ2) is 6.37. The van der Waals surface area contributed by atoms with Crippen molar-refractivity contribution in [2.75, 3.05) is 13.2 Å². The molecule has 1 aliphatic heterocycles. The Balaban J connectivity index is 1.86. The van der Waals surface area contributed by atoms with Crippen molar-refractivity contribution in [3.63, 3.8) is 0 Å². The zero-order valence-electron chi connectivity index (χ0n) is 11.3. The molecule has 19 heavy (non-hydrogen) atoms. The highest BCUT2D eigenvalue weighted by Gasteiger charge is 2.38. The Bertz CT molecular complexity index is 330. The van der Waals surface area contributed by atoms with Gasteiger partial charge < -0.3 is 15.2 Å². The van der Waals surface area contributed by atoms with E-state index >= 15 is 0 Å². The zero-order valence-corrected chi connectivity index (χ0v) is 11.3. The number of carbonyl (C=O) groups is 2. The van der Waals surface area contributed by atoms with Crippen LogP contribution in [0, 0.1) is 5.41 Å². The molecule has 1 amide bonds. The highest BCUT2D eigenvalue weighted by atomic mass is 16.5. The Morgan fingerprint density at radius 3 is 2.53 bits per heavy atom. The van der Waals surface area contributed by atoms with Crippen molar-refractivity contribution in [2.45, 2.75) is 57.4 Å². The maximum absolute atomic E-state index is 12.1. The van der Waals surface area contributed by atoms with Crippen LogP contribution in [0.5, 0.6) is 0 Å². The largest absolute Gasteiger partial charge is 0.481 e. The SMILES string of the molecule is O=C(O)CC1(CC(=O)NC2CCCOC2)CCCC1. The van der Waals surface area contributed by atoms with Gasteiger partial charge in [0.15, 0.2) is 0 Å². The molecule has 1 saturated heterocycles. The van der Waals surface area contributed by atoms with E-state index in [0.29, 0.717) is 13.0 Å². The van der Waals surface area contributed by atoms with Crippen LogP contribution in [0.3, 0.4) is 0 Å². The second-order valence-corrected chi connectivity index (χ2v) is 5.94. The monoisotopic (exact) mass is 269 g/mol. The number of nitrogens with one attached hydrogen (secondary N) is 1. The number of amides is 1. The molecule has 5 nitrogen and oxygen atoms in total. The maximum atomic E-state index is 12.1. The minimum absolute atomic E-state index is 0.0151. The predicted octanol–water partition coefficient (Wildman–Crippen LogP) is 1.71. The number of ether oxygens (including phenoxy) is 1. The molecule has 1 aliphatic carbocycles. The van der Waals surface area contributed by atoms with Crippen molar-refractivity contribution in [3.05, 3.63) is 0 Å². The van der Waals surface area contributed by atoms with Crippen LogP contribution < -0.4 is 5.32 Å². The van der Waals surface area contributed by atoms with Gasteiger partial charge in [0.1, 0.15) is 0 Å². The Labute approximate surface area is 113 Å². The lowest BCUT2D eigenvalue weighted by molar-refractivity contribution is -0.140. The van der Waals surface area contributed by atoms with E-state index in [1.165, 1.54) is 0 Å². The molecule has 0 aromatic heterocycles. The molecule has 108 valence electrons. The van der Waals surface area contributed by atoms with Crippen LogP contribution >= 0.6 is 0 Å². The highest BCUT2D eigenvalue weighted by molar-refractivity contribution is 5.78. The fourth-order valence-electron chi connectivity index (χ4n) is 3.34. The smallest absolute Gasteiger partial charge is 0.303 e. The van der Waals surface area contributed by atoms with Crippen LogP contribution in [0.1, 0.15) is 51.4 Å². The van der Waals surface area contributed by atoms with E-state index in [9.17, 15) is 9.59 Å². The summed E-state index contributed by atoms with van der Waals surface area (Å²) >= 11 is 0. The summed E-state index contributed by atoms with van der Waals surface area (Å²) in [6, 6.07) is 0.101. The Morgan fingerprint density at radius 2 is 1.95 bits per heavy atom. The number of carbonyl (C=O) groups excluding carboxylic acids is 1. The molecule has 0 bridgehead atoms. The first-order valence-corrected chi connectivity index (χ1v) is 7.19. The topological polar surface area (TPSA) is 75.6 Å². The Morgan fingerprint density at radius 1 is 1.21 bits per heavy atom. The summed E-state index contributed by atoms with van der Waals surface area (Å²) in [6.45, 7) is 1.35. The van der Waals surface area contributed by atoms with E-state index in [1.807, 2.05) is 0 Å². The van der Waals surface area contributed by atoms with E-state index in [4.69, 9.17) is 9.84 Å². The summed E-state index contributed by atoms with van der Waals surface area (Å²) in [5.41, 5.74) is -0.314. The molecule has 2 aliphatic rings. The first-order chi connectivity index (χ1) is 9.10. The van der Waals surface area contributed by atoms with Crippen LogP contribution in [0.25, 0.3) is 0 Å². The molecule has 2 rings (SSSR count). The zero-order chi connectivity index (χ0) is 13.7. The van der Waals surface area contributed by atoms with Gasteiger partial charge in [-0.15, -0.1) is 0 Å². The third kappa shape index (κ3) is 4.20. The van der Waals surface area contributed by atoms with Crippen molar-refractivity contribution in [2.24, 2.45) is 5.41 Å². The third-order valence-electron chi connectivity index (χ3n) is 4.25. The van der Waals surface area contributed by atoms with Gasteiger partial charge in [0.05, 0.1) is 19.1 Å². The minimum Gasteiger partial charge on any atom is -0.481 e. The van der Waals surface area contributed by atoms with Gasteiger partial charge in [0.2, 0.25) is 5.91 Å². The summed E-state index contributed by atoms with van der Waals surface area (Å²) in [7, 11) is 0. The van der Waals surface area contributed by atoms with Gasteiger partial charge in [-0.25, -0.2) is 0 Å². The van der Waals surface area contributed by atoms with Gasteiger partial charge in [-0.05, 0) is 31.1 Å². The number of carboxylic acid groups (broad SMARTS) is 1. The molecule has 0 spiro atoms. The van der Waals surface area contributed by atoms with Crippen molar-refractivity contribution in [3.8, 4) is 0 Å². The standard InChI is InChI=1S/C14H23NO4/c16-12(15-11-4-3-7-19-10-11)8-14(9-13(17)18)5-1-2-6-14/h11H,1-10H2,(H,15,16)(H,17,18). The number of hydrogen-bond donors (Lipinski definition) is 2. The van der Waals surface area contributed by atoms with E-state index in [-0.39, 0.29) is 23.8 Å². The molecule has 0 aromatic rings. The first kappa shape index (κ1) is 14.3. The predicted molar refractivity (Wildman–Crippen MR) is 69.8 cm³/mol. The van der Waals surface area contributed by atoms with Crippen LogP contribution in [0.15, 0.2) is 0 Å². The fourth-order valence-corrected chi connectivity index (χ4v) is 3.34. The molecular formula is C14H23NO4. The van der Waals surface area contributed by atoms with Gasteiger partial charge in [0, 0.05) is 13.0 Å². The number of carboxylic acids is 1. The molecule has 1 atom stereocenters. The van der Waals surface area contributed by atoms with E-state index in [0.717, 1.165) is 45.1 Å². The summed E-state index contributed by atoms with van der Waals surface area (Å²) in [4.78, 5) is 23.1. The van der Waals surface area contributed by atoms with Gasteiger partial charge in [-0.2, -0.15) is 0 Å². The van der Waals surface area contributed by atoms with Crippen LogP contribution in [0.2, 0.25) is 0 Å². The molecule has 2 N–H and O–H groups in total. The molecule has 5 heteroatoms. The summed E-state index contributed by atoms with van der Waals surface area (Å²) in [5, 5.41) is 12.0. The molecule has 0 aromatic carbocycles. The van der Waals surface area contributed by atoms with Crippen molar-refractivity contribution in [1.82, 2.24) is 5.32 Å². The molecule has 0 radical (unpaired) electrons. The van der Waals surface area contributed by atoms with Gasteiger partial charge in [-0.3, -0.25) is 9.59 Å². The normalized spacial score (nSPS) is 26.0. The van der Waals surface area contributed by atoms with Gasteiger partial charge >= 0.3 is 5.97 Å². The average Bonchev–Trinajstić information content (AvgIpc) is 2.77. The van der Waals surface area contributed by atoms with Gasteiger partial charge in [0.25, 0.3) is 0 Å². The lowest BCUT2D eigenvalue weighted by Gasteiger charge is -2.29. The summed E-state index contributed by atoms with van der Waals surface area (Å²) in [5.74, 6) is -0.811. The quantitative estimate of drug-likeness (QED) is 0.796. The number of hydrogen-bond acceptors (Lipinski definition) is 3. The lowest BCUT2D eigenvalue weighted by Crippen LogP contribution is -2.42. The van der Waals surface area contributed by atoms with Crippen molar-refractivity contribution >= 4 is 11.9 Å². The number of aliphatic carboxylic acids is 1. The van der Waals surface area contributed by atoms with E-state index in [2.05, 4.69) is 5.32 Å². The van der Waals surface area contributed by atoms with E-state index in [1.54, 1.807) is 0 Å². The summed E-state index contributed by atoms with van der Waals surface area (Å²) in [6.07, 6.45) is 6.17. The van der Waals surface area contributed by atoms with Crippen LogP contribution in [0.4, 0.5) is 0 Å². The molecule has 1 heterocycles. The molecular weight excluding hydrogens is 246 g/mol. The average molecular weight is 269 g/mol. The van der Waals surface area contributed by atoms with E-state index < -0.39 is 5.97 Å². The Hall–Kier alpha value is -1.10. The minimum atomic E-state index is -0.796. The van der Waals surface area contributed by atoms with Crippen molar-refractivity contribution < 1.29 is 19.4 Å². The summed E-state index contributed by atoms with van der Waals surface area (Å²) < 4.78 is 5.33. The van der Waals surface area contributed by atoms with Crippen molar-refractivity contribution in [1.29, 1.82) is 0 Å². The third-order valence-corrected chi connectivity index (χ3v) is 4.25. The van der Waals surface area contributed by atoms with Crippen LogP contribution in [-0.4, -0.2) is 36.2 Å². The molecule has 2 fully saturated rings. The second-order valence-electron chi connectivity index (χ2n) is 5.94. The first-order valence-electron chi connectivity index (χ1n) is 7.19. The number of rotatable bonds is 5. The molecule has 1 unspecified atom stereocenters. The molecule has 1 saturated carbocycles. The fraction of sp³-hybridized carbons (Fsp3) is 0.857. The van der Waals surface area contributed by atoms with Gasteiger partial charge in [-0.1, -0.05) is 12.8 Å². The van der Waals surface area contributed by atoms with Crippen LogP contribution in [-0.2, 0) is 14.3 Å².